The van der Waals surface area contributed by atoms with Crippen LogP contribution in [0.15, 0.2) is 6.08 Å². The molecule has 0 bridgehead atoms. The van der Waals surface area contributed by atoms with E-state index in [1.165, 1.54) is 0 Å². The Morgan fingerprint density at radius 2 is 1.94 bits per heavy atom. The number of nitrogens with two attached hydrogens (primary N) is 1. The molecule has 3 heterocycles. The van der Waals surface area contributed by atoms with E-state index in [2.05, 4.69) is 38.8 Å². The molecule has 1 aromatic rings. The Kier molecular flexibility index (Phi) is 7.39. The van der Waals surface area contributed by atoms with Crippen LogP contribution in [0.3, 0.4) is 0 Å². The molecule has 9 heteroatoms. The first-order chi connectivity index (χ1) is 15.6. The number of nitrogens with zero attached hydrogens (tertiary/aromatic N) is 2. The van der Waals surface area contributed by atoms with Gasteiger partial charge in [0.1, 0.15) is 11.3 Å². The van der Waals surface area contributed by atoms with Crippen molar-refractivity contribution in [2.45, 2.75) is 90.6 Å². The fourth-order valence-electron chi connectivity index (χ4n) is 3.88. The van der Waals surface area contributed by atoms with E-state index >= 15 is 4.39 Å². The second-order valence-electron chi connectivity index (χ2n) is 11.7. The van der Waals surface area contributed by atoms with Crippen molar-refractivity contribution in [2.24, 2.45) is 0 Å². The van der Waals surface area contributed by atoms with Gasteiger partial charge in [-0.3, -0.25) is 0 Å². The quantitative estimate of drug-likeness (QED) is 0.515. The predicted octanol–water partition coefficient (Wildman–Crippen LogP) is 6.06. The number of rotatable bonds is 3. The molecule has 0 saturated heterocycles. The maximum Gasteiger partial charge on any atom is 0.410 e. The number of amides is 1. The molecule has 0 spiro atoms. The van der Waals surface area contributed by atoms with Gasteiger partial charge in [-0.2, -0.15) is 0 Å². The average Bonchev–Trinajstić information content (AvgIpc) is 2.93. The molecule has 0 radical (unpaired) electrons. The molecule has 1 aromatic heterocycles. The van der Waals surface area contributed by atoms with E-state index in [1.807, 2.05) is 26.8 Å². The third-order valence-electron chi connectivity index (χ3n) is 6.72. The maximum atomic E-state index is 15.4. The van der Waals surface area contributed by atoms with E-state index in [1.54, 1.807) is 4.90 Å². The van der Waals surface area contributed by atoms with E-state index in [0.717, 1.165) is 5.57 Å². The van der Waals surface area contributed by atoms with Gasteiger partial charge in [-0.15, -0.1) is 0 Å². The standard InChI is InChI=1S/C25H40FN3O4Si/c1-24(2,3)32-23(30)29-13-9-10-16(11-14-29)18-19(26)22(27)28-20-17(12-15-31-21(18)20)33-34(7,8)25(4,5)6/h11,17H,9-10,12-15H2,1-8H3,(H2,27,28). The van der Waals surface area contributed by atoms with Gasteiger partial charge in [-0.1, -0.05) is 26.8 Å². The Labute approximate surface area is 204 Å². The van der Waals surface area contributed by atoms with Crippen molar-refractivity contribution in [3.05, 3.63) is 23.2 Å². The molecular weight excluding hydrogens is 453 g/mol. The molecule has 3 rings (SSSR count). The second kappa shape index (κ2) is 9.49. The summed E-state index contributed by atoms with van der Waals surface area (Å²) in [7, 11) is -2.10. The zero-order valence-corrected chi connectivity index (χ0v) is 22.9. The third-order valence-corrected chi connectivity index (χ3v) is 11.2. The van der Waals surface area contributed by atoms with E-state index in [0.29, 0.717) is 56.0 Å². The van der Waals surface area contributed by atoms with Gasteiger partial charge in [0, 0.05) is 19.5 Å². The Balaban J connectivity index is 1.96. The molecule has 0 aromatic carbocycles. The minimum absolute atomic E-state index is 0.0226. The van der Waals surface area contributed by atoms with Gasteiger partial charge < -0.3 is 24.5 Å². The van der Waals surface area contributed by atoms with Crippen molar-refractivity contribution in [1.29, 1.82) is 0 Å². The lowest BCUT2D eigenvalue weighted by Crippen LogP contribution is -2.42. The van der Waals surface area contributed by atoms with Crippen molar-refractivity contribution in [2.75, 3.05) is 25.4 Å². The van der Waals surface area contributed by atoms with Crippen LogP contribution < -0.4 is 10.5 Å². The highest BCUT2D eigenvalue weighted by atomic mass is 28.4. The van der Waals surface area contributed by atoms with E-state index in [4.69, 9.17) is 19.6 Å². The third kappa shape index (κ3) is 5.74. The van der Waals surface area contributed by atoms with E-state index < -0.39 is 19.7 Å². The largest absolute Gasteiger partial charge is 0.491 e. The van der Waals surface area contributed by atoms with Crippen LogP contribution in [0.5, 0.6) is 5.75 Å². The molecule has 1 amide bonds. The summed E-state index contributed by atoms with van der Waals surface area (Å²) in [5, 5.41) is 0.0226. The molecule has 7 nitrogen and oxygen atoms in total. The number of carbonyl (C=O) groups is 1. The van der Waals surface area contributed by atoms with Gasteiger partial charge in [0.2, 0.25) is 0 Å². The zero-order chi connectivity index (χ0) is 25.5. The minimum Gasteiger partial charge on any atom is -0.491 e. The number of ether oxygens (including phenoxy) is 2. The highest BCUT2D eigenvalue weighted by molar-refractivity contribution is 6.74. The van der Waals surface area contributed by atoms with Crippen LogP contribution in [-0.2, 0) is 9.16 Å². The molecule has 190 valence electrons. The van der Waals surface area contributed by atoms with Crippen molar-refractivity contribution in [1.82, 2.24) is 9.88 Å². The monoisotopic (exact) mass is 493 g/mol. The number of fused-ring (bicyclic) bond motifs is 1. The topological polar surface area (TPSA) is 86.9 Å². The van der Waals surface area contributed by atoms with E-state index in [9.17, 15) is 4.79 Å². The number of aromatic nitrogens is 1. The molecule has 1 atom stereocenters. The highest BCUT2D eigenvalue weighted by Gasteiger charge is 2.42. The van der Waals surface area contributed by atoms with Gasteiger partial charge in [0.25, 0.3) is 0 Å². The van der Waals surface area contributed by atoms with Crippen LogP contribution in [0.2, 0.25) is 18.1 Å². The minimum atomic E-state index is -2.10. The summed E-state index contributed by atoms with van der Waals surface area (Å²) in [4.78, 5) is 18.6. The average molecular weight is 494 g/mol. The Hall–Kier alpha value is -2.13. The molecule has 2 aliphatic rings. The summed E-state index contributed by atoms with van der Waals surface area (Å²) >= 11 is 0. The molecule has 0 aliphatic carbocycles. The fourth-order valence-corrected chi connectivity index (χ4v) is 5.18. The van der Waals surface area contributed by atoms with Crippen LogP contribution in [-0.4, -0.2) is 49.6 Å². The number of allylic oxidation sites excluding steroid dienone is 1. The Bertz CT molecular complexity index is 966. The summed E-state index contributed by atoms with van der Waals surface area (Å²) in [5.74, 6) is -0.320. The molecule has 2 N–H and O–H groups in total. The number of pyridine rings is 1. The molecular formula is C25H40FN3O4Si. The zero-order valence-electron chi connectivity index (χ0n) is 21.9. The summed E-state index contributed by atoms with van der Waals surface area (Å²) in [6, 6.07) is 0. The molecule has 1 unspecified atom stereocenters. The molecule has 0 saturated carbocycles. The number of carbonyl (C=O) groups excluding carboxylic acids is 1. The maximum absolute atomic E-state index is 15.4. The van der Waals surface area contributed by atoms with Gasteiger partial charge in [-0.25, -0.2) is 14.2 Å². The normalized spacial score (nSPS) is 19.6. The first-order valence-corrected chi connectivity index (χ1v) is 15.0. The molecule has 2 aliphatic heterocycles. The number of nitrogen functional groups attached to an aromatic ring is 1. The first kappa shape index (κ1) is 26.5. The highest BCUT2D eigenvalue weighted by Crippen LogP contribution is 2.46. The van der Waals surface area contributed by atoms with Gasteiger partial charge in [0.15, 0.2) is 25.7 Å². The van der Waals surface area contributed by atoms with Gasteiger partial charge >= 0.3 is 6.09 Å². The molecule has 34 heavy (non-hydrogen) atoms. The van der Waals surface area contributed by atoms with Crippen LogP contribution in [0, 0.1) is 5.82 Å². The van der Waals surface area contributed by atoms with Crippen molar-refractivity contribution in [3.8, 4) is 5.75 Å². The molecule has 0 fully saturated rings. The number of hydrogen-bond donors (Lipinski definition) is 1. The van der Waals surface area contributed by atoms with Crippen molar-refractivity contribution >= 4 is 25.8 Å². The lowest BCUT2D eigenvalue weighted by atomic mass is 9.96. The number of halogens is 1. The lowest BCUT2D eigenvalue weighted by molar-refractivity contribution is 0.0273. The number of hydrogen-bond acceptors (Lipinski definition) is 6. The Morgan fingerprint density at radius 3 is 2.56 bits per heavy atom. The fraction of sp³-hybridized carbons (Fsp3) is 0.680. The van der Waals surface area contributed by atoms with Crippen LogP contribution in [0.1, 0.15) is 78.2 Å². The van der Waals surface area contributed by atoms with Crippen LogP contribution >= 0.6 is 0 Å². The van der Waals surface area contributed by atoms with Crippen molar-refractivity contribution < 1.29 is 23.1 Å². The lowest BCUT2D eigenvalue weighted by Gasteiger charge is -2.40. The van der Waals surface area contributed by atoms with Crippen molar-refractivity contribution in [3.63, 3.8) is 0 Å². The summed E-state index contributed by atoms with van der Waals surface area (Å²) in [6.07, 6.45) is 3.10. The van der Waals surface area contributed by atoms with Crippen LogP contribution in [0.25, 0.3) is 5.57 Å². The second-order valence-corrected chi connectivity index (χ2v) is 16.4. The smallest absolute Gasteiger partial charge is 0.410 e. The van der Waals surface area contributed by atoms with E-state index in [-0.39, 0.29) is 23.1 Å². The van der Waals surface area contributed by atoms with Gasteiger partial charge in [-0.05, 0) is 57.3 Å². The predicted molar refractivity (Wildman–Crippen MR) is 135 cm³/mol. The SMILES string of the molecule is CC(C)(C)OC(=O)N1CC=C(c2c(F)c(N)nc3c2OCCC3O[Si](C)(C)C(C)(C)C)CCC1. The number of anilines is 1. The van der Waals surface area contributed by atoms with Crippen LogP contribution in [0.4, 0.5) is 15.0 Å². The summed E-state index contributed by atoms with van der Waals surface area (Å²) in [6.45, 7) is 17.7. The first-order valence-electron chi connectivity index (χ1n) is 12.1. The Morgan fingerprint density at radius 1 is 1.26 bits per heavy atom. The summed E-state index contributed by atoms with van der Waals surface area (Å²) in [5.41, 5.74) is 7.15. The van der Waals surface area contributed by atoms with Gasteiger partial charge in [0.05, 0.1) is 18.3 Å². The summed E-state index contributed by atoms with van der Waals surface area (Å²) < 4.78 is 33.5.